The molecule has 0 saturated carbocycles. The minimum Gasteiger partial charge on any atom is -0.480 e. The van der Waals surface area contributed by atoms with Crippen LogP contribution in [0.25, 0.3) is 21.7 Å². The number of amides is 1. The van der Waals surface area contributed by atoms with Crippen molar-refractivity contribution in [3.05, 3.63) is 48.2 Å². The van der Waals surface area contributed by atoms with Gasteiger partial charge in [-0.15, -0.1) is 0 Å². The van der Waals surface area contributed by atoms with Crippen molar-refractivity contribution < 1.29 is 19.1 Å². The number of carboxylic acids is 1. The number of likely N-dealkylation sites (tertiary alicyclic amines) is 1. The second kappa shape index (κ2) is 6.24. The first-order valence-electron chi connectivity index (χ1n) is 8.56. The summed E-state index contributed by atoms with van der Waals surface area (Å²) in [6.45, 7) is 0.499. The van der Waals surface area contributed by atoms with Crippen molar-refractivity contribution in [3.8, 4) is 0 Å². The van der Waals surface area contributed by atoms with E-state index in [9.17, 15) is 14.7 Å². The van der Waals surface area contributed by atoms with Crippen molar-refractivity contribution in [1.82, 2.24) is 4.90 Å². The highest BCUT2D eigenvalue weighted by Gasteiger charge is 2.32. The zero-order valence-electron chi connectivity index (χ0n) is 13.8. The second-order valence-electron chi connectivity index (χ2n) is 6.52. The number of piperidine rings is 1. The Morgan fingerprint density at radius 1 is 1.12 bits per heavy atom. The van der Waals surface area contributed by atoms with E-state index in [2.05, 4.69) is 0 Å². The predicted octanol–water partition coefficient (Wildman–Crippen LogP) is 3.59. The zero-order chi connectivity index (χ0) is 17.4. The summed E-state index contributed by atoms with van der Waals surface area (Å²) in [7, 11) is 0. The largest absolute Gasteiger partial charge is 0.480 e. The van der Waals surface area contributed by atoms with Gasteiger partial charge in [0.1, 0.15) is 17.4 Å². The van der Waals surface area contributed by atoms with Crippen LogP contribution in [-0.4, -0.2) is 34.5 Å². The van der Waals surface area contributed by atoms with Crippen LogP contribution in [0.1, 0.15) is 25.0 Å². The number of aliphatic carboxylic acids is 1. The number of benzene rings is 2. The van der Waals surface area contributed by atoms with Gasteiger partial charge >= 0.3 is 5.97 Å². The van der Waals surface area contributed by atoms with E-state index < -0.39 is 12.0 Å². The summed E-state index contributed by atoms with van der Waals surface area (Å²) < 4.78 is 5.84. The summed E-state index contributed by atoms with van der Waals surface area (Å²) in [5.74, 6) is -0.537. The molecule has 0 spiro atoms. The number of nitrogens with zero attached hydrogens (tertiary/aromatic N) is 1. The zero-order valence-corrected chi connectivity index (χ0v) is 13.8. The predicted molar refractivity (Wildman–Crippen MR) is 94.4 cm³/mol. The Morgan fingerprint density at radius 3 is 2.80 bits per heavy atom. The lowest BCUT2D eigenvalue weighted by Crippen LogP contribution is -2.48. The van der Waals surface area contributed by atoms with E-state index in [1.807, 2.05) is 42.5 Å². The second-order valence-corrected chi connectivity index (χ2v) is 6.52. The van der Waals surface area contributed by atoms with E-state index in [1.165, 1.54) is 4.90 Å². The van der Waals surface area contributed by atoms with Crippen LogP contribution < -0.4 is 0 Å². The van der Waals surface area contributed by atoms with Gasteiger partial charge in [-0.05, 0) is 42.2 Å². The molecule has 0 bridgehead atoms. The standard InChI is InChI=1S/C20H19NO4/c22-19(21-10-4-3-7-17(21)20(23)24)12-14-11-16-15-6-2-1-5-13(15)8-9-18(16)25-14/h1-2,5-6,8-9,11,17H,3-4,7,10,12H2,(H,23,24). The monoisotopic (exact) mass is 337 g/mol. The normalized spacial score (nSPS) is 17.9. The third-order valence-electron chi connectivity index (χ3n) is 4.91. The van der Waals surface area contributed by atoms with Crippen molar-refractivity contribution >= 4 is 33.6 Å². The van der Waals surface area contributed by atoms with Gasteiger partial charge in [-0.1, -0.05) is 30.3 Å². The lowest BCUT2D eigenvalue weighted by atomic mass is 10.0. The Labute approximate surface area is 144 Å². The molecule has 0 radical (unpaired) electrons. The number of furan rings is 1. The summed E-state index contributed by atoms with van der Waals surface area (Å²) in [4.78, 5) is 25.5. The molecule has 1 saturated heterocycles. The summed E-state index contributed by atoms with van der Waals surface area (Å²) in [6.07, 6.45) is 2.30. The molecule has 25 heavy (non-hydrogen) atoms. The van der Waals surface area contributed by atoms with Gasteiger partial charge in [0.15, 0.2) is 0 Å². The third kappa shape index (κ3) is 2.86. The van der Waals surface area contributed by atoms with Crippen LogP contribution >= 0.6 is 0 Å². The van der Waals surface area contributed by atoms with E-state index in [-0.39, 0.29) is 12.3 Å². The molecule has 1 aromatic heterocycles. The molecular formula is C20H19NO4. The lowest BCUT2D eigenvalue weighted by Gasteiger charge is -2.32. The minimum absolute atomic E-state index is 0.0901. The van der Waals surface area contributed by atoms with Gasteiger partial charge in [0.2, 0.25) is 5.91 Å². The summed E-state index contributed by atoms with van der Waals surface area (Å²) in [5, 5.41) is 12.5. The van der Waals surface area contributed by atoms with Crippen molar-refractivity contribution in [2.24, 2.45) is 0 Å². The summed E-state index contributed by atoms with van der Waals surface area (Å²) >= 11 is 0. The van der Waals surface area contributed by atoms with Gasteiger partial charge in [0.05, 0.1) is 6.42 Å². The molecule has 0 aliphatic carbocycles. The highest BCUT2D eigenvalue weighted by molar-refractivity contribution is 6.06. The van der Waals surface area contributed by atoms with Gasteiger partial charge in [-0.3, -0.25) is 4.79 Å². The van der Waals surface area contributed by atoms with Crippen LogP contribution in [0.2, 0.25) is 0 Å². The average molecular weight is 337 g/mol. The average Bonchev–Trinajstić information content (AvgIpc) is 3.04. The SMILES string of the molecule is O=C(O)C1CCCCN1C(=O)Cc1cc2c(ccc3ccccc32)o1. The minimum atomic E-state index is -0.927. The van der Waals surface area contributed by atoms with Crippen LogP contribution in [0.4, 0.5) is 0 Å². The number of carboxylic acid groups (broad SMARTS) is 1. The molecule has 1 unspecified atom stereocenters. The molecule has 1 fully saturated rings. The smallest absolute Gasteiger partial charge is 0.326 e. The Morgan fingerprint density at radius 2 is 1.96 bits per heavy atom. The molecule has 2 heterocycles. The molecule has 2 aromatic carbocycles. The maximum Gasteiger partial charge on any atom is 0.326 e. The van der Waals surface area contributed by atoms with Gasteiger partial charge in [-0.25, -0.2) is 4.79 Å². The van der Waals surface area contributed by atoms with Crippen LogP contribution in [0.3, 0.4) is 0 Å². The van der Waals surface area contributed by atoms with Crippen LogP contribution in [-0.2, 0) is 16.0 Å². The Kier molecular flexibility index (Phi) is 3.92. The first-order chi connectivity index (χ1) is 12.1. The first-order valence-corrected chi connectivity index (χ1v) is 8.56. The van der Waals surface area contributed by atoms with E-state index in [4.69, 9.17) is 4.42 Å². The van der Waals surface area contributed by atoms with Crippen LogP contribution in [0.5, 0.6) is 0 Å². The molecule has 5 heteroatoms. The molecular weight excluding hydrogens is 318 g/mol. The highest BCUT2D eigenvalue weighted by atomic mass is 16.4. The quantitative estimate of drug-likeness (QED) is 0.793. The molecule has 128 valence electrons. The van der Waals surface area contributed by atoms with Crippen molar-refractivity contribution in [2.45, 2.75) is 31.7 Å². The lowest BCUT2D eigenvalue weighted by molar-refractivity contribution is -0.151. The maximum atomic E-state index is 12.6. The summed E-state index contributed by atoms with van der Waals surface area (Å²) in [5.41, 5.74) is 0.745. The maximum absolute atomic E-state index is 12.6. The molecule has 1 N–H and O–H groups in total. The van der Waals surface area contributed by atoms with E-state index in [1.54, 1.807) is 0 Å². The fraction of sp³-hybridized carbons (Fsp3) is 0.300. The van der Waals surface area contributed by atoms with Crippen molar-refractivity contribution in [3.63, 3.8) is 0 Å². The van der Waals surface area contributed by atoms with Gasteiger partial charge < -0.3 is 14.4 Å². The Balaban J connectivity index is 1.63. The number of rotatable bonds is 3. The first kappa shape index (κ1) is 15.7. The fourth-order valence-electron chi connectivity index (χ4n) is 3.67. The van der Waals surface area contributed by atoms with Crippen LogP contribution in [0, 0.1) is 0 Å². The van der Waals surface area contributed by atoms with Gasteiger partial charge in [0, 0.05) is 11.9 Å². The molecule has 4 rings (SSSR count). The number of hydrogen-bond acceptors (Lipinski definition) is 3. The molecule has 3 aromatic rings. The van der Waals surface area contributed by atoms with E-state index in [0.29, 0.717) is 18.7 Å². The highest BCUT2D eigenvalue weighted by Crippen LogP contribution is 2.29. The number of carbonyl (C=O) groups is 2. The van der Waals surface area contributed by atoms with Gasteiger partial charge in [-0.2, -0.15) is 0 Å². The Hall–Kier alpha value is -2.82. The number of hydrogen-bond donors (Lipinski definition) is 1. The molecule has 5 nitrogen and oxygen atoms in total. The number of carbonyl (C=O) groups excluding carboxylic acids is 1. The van der Waals surface area contributed by atoms with E-state index in [0.717, 1.165) is 34.6 Å². The fourth-order valence-corrected chi connectivity index (χ4v) is 3.67. The summed E-state index contributed by atoms with van der Waals surface area (Å²) in [6, 6.07) is 13.1. The molecule has 1 aliphatic rings. The topological polar surface area (TPSA) is 70.8 Å². The third-order valence-corrected chi connectivity index (χ3v) is 4.91. The Bertz CT molecular complexity index is 959. The number of fused-ring (bicyclic) bond motifs is 3. The molecule has 1 atom stereocenters. The van der Waals surface area contributed by atoms with Crippen molar-refractivity contribution in [2.75, 3.05) is 6.54 Å². The molecule has 1 amide bonds. The van der Waals surface area contributed by atoms with Gasteiger partial charge in [0.25, 0.3) is 0 Å². The van der Waals surface area contributed by atoms with Crippen molar-refractivity contribution in [1.29, 1.82) is 0 Å². The van der Waals surface area contributed by atoms with Crippen LogP contribution in [0.15, 0.2) is 46.9 Å². The van der Waals surface area contributed by atoms with E-state index >= 15 is 0 Å². The molecule has 1 aliphatic heterocycles.